The second-order valence-electron chi connectivity index (χ2n) is 8.03. The van der Waals surface area contributed by atoms with E-state index in [0.717, 1.165) is 24.2 Å². The SMILES string of the molecule is COc1ccc(CC(=O)N2C[C@@H]3CN(C)[C@@H](c4cccc(F)c4)[C@@H]3C2)cc1OC. The molecule has 3 atom stereocenters. The van der Waals surface area contributed by atoms with Crippen LogP contribution < -0.4 is 9.47 Å². The molecule has 0 unspecified atom stereocenters. The molecule has 0 radical (unpaired) electrons. The Morgan fingerprint density at radius 3 is 2.59 bits per heavy atom. The van der Waals surface area contributed by atoms with Crippen LogP contribution in [0.1, 0.15) is 17.2 Å². The maximum absolute atomic E-state index is 13.8. The van der Waals surface area contributed by atoms with Crippen LogP contribution in [-0.2, 0) is 11.2 Å². The van der Waals surface area contributed by atoms with Crippen molar-refractivity contribution in [3.63, 3.8) is 0 Å². The van der Waals surface area contributed by atoms with Gasteiger partial charge >= 0.3 is 0 Å². The second kappa shape index (κ2) is 8.03. The summed E-state index contributed by atoms with van der Waals surface area (Å²) in [7, 11) is 5.27. The number of nitrogens with zero attached hydrogens (tertiary/aromatic N) is 2. The van der Waals surface area contributed by atoms with E-state index in [1.807, 2.05) is 29.2 Å². The summed E-state index contributed by atoms with van der Waals surface area (Å²) in [6, 6.07) is 12.6. The summed E-state index contributed by atoms with van der Waals surface area (Å²) in [5, 5.41) is 0. The number of carbonyl (C=O) groups excluding carboxylic acids is 1. The largest absolute Gasteiger partial charge is 0.493 e. The molecule has 0 saturated carbocycles. The van der Waals surface area contributed by atoms with Gasteiger partial charge in [0.2, 0.25) is 5.91 Å². The predicted octanol–water partition coefficient (Wildman–Crippen LogP) is 3.15. The third-order valence-corrected chi connectivity index (χ3v) is 6.24. The van der Waals surface area contributed by atoms with E-state index in [0.29, 0.717) is 36.3 Å². The average Bonchev–Trinajstić information content (AvgIpc) is 3.24. The van der Waals surface area contributed by atoms with Crippen LogP contribution in [0.5, 0.6) is 11.5 Å². The lowest BCUT2D eigenvalue weighted by atomic mass is 9.89. The molecular formula is C23H27FN2O3. The van der Waals surface area contributed by atoms with E-state index >= 15 is 0 Å². The lowest BCUT2D eigenvalue weighted by Gasteiger charge is -2.27. The number of ether oxygens (including phenoxy) is 2. The number of likely N-dealkylation sites (tertiary alicyclic amines) is 2. The molecule has 2 fully saturated rings. The number of fused-ring (bicyclic) bond motifs is 1. The zero-order valence-corrected chi connectivity index (χ0v) is 17.1. The summed E-state index contributed by atoms with van der Waals surface area (Å²) in [4.78, 5) is 17.2. The van der Waals surface area contributed by atoms with Crippen molar-refractivity contribution in [2.75, 3.05) is 40.9 Å². The smallest absolute Gasteiger partial charge is 0.227 e. The number of methoxy groups -OCH3 is 2. The molecule has 1 amide bonds. The Labute approximate surface area is 171 Å². The molecule has 0 spiro atoms. The summed E-state index contributed by atoms with van der Waals surface area (Å²) in [6.07, 6.45) is 0.334. The highest BCUT2D eigenvalue weighted by Crippen LogP contribution is 2.44. The molecule has 2 saturated heterocycles. The van der Waals surface area contributed by atoms with E-state index in [4.69, 9.17) is 9.47 Å². The van der Waals surface area contributed by atoms with Gasteiger partial charge in [0.05, 0.1) is 20.6 Å². The molecule has 5 nitrogen and oxygen atoms in total. The van der Waals surface area contributed by atoms with Crippen molar-refractivity contribution >= 4 is 5.91 Å². The van der Waals surface area contributed by atoms with Gasteiger partial charge in [0.25, 0.3) is 0 Å². The highest BCUT2D eigenvalue weighted by molar-refractivity contribution is 5.79. The maximum atomic E-state index is 13.8. The van der Waals surface area contributed by atoms with Crippen LogP contribution in [0.15, 0.2) is 42.5 Å². The molecule has 0 bridgehead atoms. The van der Waals surface area contributed by atoms with Crippen LogP contribution >= 0.6 is 0 Å². The lowest BCUT2D eigenvalue weighted by Crippen LogP contribution is -2.34. The fraction of sp³-hybridized carbons (Fsp3) is 0.435. The zero-order chi connectivity index (χ0) is 20.5. The Kier molecular flexibility index (Phi) is 5.46. The second-order valence-corrected chi connectivity index (χ2v) is 8.03. The van der Waals surface area contributed by atoms with Crippen molar-refractivity contribution in [3.05, 3.63) is 59.4 Å². The molecule has 29 heavy (non-hydrogen) atoms. The Hall–Kier alpha value is -2.60. The molecule has 2 aromatic carbocycles. The molecule has 6 heteroatoms. The molecule has 2 aliphatic heterocycles. The highest BCUT2D eigenvalue weighted by Gasteiger charge is 2.47. The van der Waals surface area contributed by atoms with Crippen molar-refractivity contribution in [2.24, 2.45) is 11.8 Å². The van der Waals surface area contributed by atoms with Crippen LogP contribution in [0, 0.1) is 17.7 Å². The van der Waals surface area contributed by atoms with Gasteiger partial charge in [0.1, 0.15) is 5.82 Å². The quantitative estimate of drug-likeness (QED) is 0.776. The Morgan fingerprint density at radius 2 is 1.86 bits per heavy atom. The van der Waals surface area contributed by atoms with Crippen molar-refractivity contribution in [3.8, 4) is 11.5 Å². The molecule has 2 heterocycles. The first-order chi connectivity index (χ1) is 14.0. The fourth-order valence-corrected chi connectivity index (χ4v) is 4.93. The van der Waals surface area contributed by atoms with Gasteiger partial charge in [-0.2, -0.15) is 0 Å². The number of hydrogen-bond donors (Lipinski definition) is 0. The van der Waals surface area contributed by atoms with E-state index in [1.165, 1.54) is 6.07 Å². The number of amides is 1. The minimum absolute atomic E-state index is 0.118. The number of carbonyl (C=O) groups is 1. The van der Waals surface area contributed by atoms with E-state index in [2.05, 4.69) is 11.9 Å². The standard InChI is InChI=1S/C23H27FN2O3/c1-25-12-17-13-26(14-19(17)23(25)16-5-4-6-18(24)11-16)22(27)10-15-7-8-20(28-2)21(9-15)29-3/h4-9,11,17,19,23H,10,12-14H2,1-3H3/t17-,19+,23-/m0/s1. The predicted molar refractivity (Wildman–Crippen MR) is 109 cm³/mol. The van der Waals surface area contributed by atoms with Crippen molar-refractivity contribution < 1.29 is 18.7 Å². The van der Waals surface area contributed by atoms with E-state index in [-0.39, 0.29) is 17.8 Å². The van der Waals surface area contributed by atoms with Gasteiger partial charge in [-0.1, -0.05) is 18.2 Å². The average molecular weight is 398 g/mol. The van der Waals surface area contributed by atoms with Gasteiger partial charge in [-0.25, -0.2) is 4.39 Å². The first-order valence-electron chi connectivity index (χ1n) is 9.94. The normalized spacial score (nSPS) is 23.9. The maximum Gasteiger partial charge on any atom is 0.227 e. The van der Waals surface area contributed by atoms with Gasteiger partial charge < -0.3 is 14.4 Å². The minimum Gasteiger partial charge on any atom is -0.493 e. The summed E-state index contributed by atoms with van der Waals surface area (Å²) in [6.45, 7) is 2.39. The van der Waals surface area contributed by atoms with Crippen LogP contribution in [-0.4, -0.2) is 56.6 Å². The van der Waals surface area contributed by atoms with Crippen molar-refractivity contribution in [1.29, 1.82) is 0 Å². The number of halogens is 1. The van der Waals surface area contributed by atoms with Crippen LogP contribution in [0.4, 0.5) is 4.39 Å². The van der Waals surface area contributed by atoms with Gasteiger partial charge in [0, 0.05) is 31.6 Å². The Bertz CT molecular complexity index is 903. The first-order valence-corrected chi connectivity index (χ1v) is 9.94. The molecule has 0 aromatic heterocycles. The summed E-state index contributed by atoms with van der Waals surface area (Å²) < 4.78 is 24.4. The minimum atomic E-state index is -0.210. The molecule has 154 valence electrons. The van der Waals surface area contributed by atoms with Crippen LogP contribution in [0.25, 0.3) is 0 Å². The first kappa shape index (κ1) is 19.7. The van der Waals surface area contributed by atoms with Crippen LogP contribution in [0.3, 0.4) is 0 Å². The molecule has 0 N–H and O–H groups in total. The molecule has 0 aliphatic carbocycles. The fourth-order valence-electron chi connectivity index (χ4n) is 4.93. The molecule has 4 rings (SSSR count). The molecule has 2 aliphatic rings. The van der Waals surface area contributed by atoms with Crippen molar-refractivity contribution in [2.45, 2.75) is 12.5 Å². The Balaban J connectivity index is 1.46. The van der Waals surface area contributed by atoms with Crippen LogP contribution in [0.2, 0.25) is 0 Å². The lowest BCUT2D eigenvalue weighted by molar-refractivity contribution is -0.129. The summed E-state index contributed by atoms with van der Waals surface area (Å²) in [5.74, 6) is 1.94. The van der Waals surface area contributed by atoms with E-state index in [9.17, 15) is 9.18 Å². The Morgan fingerprint density at radius 1 is 1.07 bits per heavy atom. The third-order valence-electron chi connectivity index (χ3n) is 6.24. The van der Waals surface area contributed by atoms with E-state index < -0.39 is 0 Å². The van der Waals surface area contributed by atoms with Gasteiger partial charge in [0.15, 0.2) is 11.5 Å². The van der Waals surface area contributed by atoms with Gasteiger partial charge in [-0.3, -0.25) is 9.69 Å². The topological polar surface area (TPSA) is 42.0 Å². The zero-order valence-electron chi connectivity index (χ0n) is 17.1. The number of benzene rings is 2. The number of hydrogen-bond acceptors (Lipinski definition) is 4. The van der Waals surface area contributed by atoms with Gasteiger partial charge in [-0.05, 0) is 48.4 Å². The third kappa shape index (κ3) is 3.81. The molecular weight excluding hydrogens is 371 g/mol. The van der Waals surface area contributed by atoms with Crippen molar-refractivity contribution in [1.82, 2.24) is 9.80 Å². The number of rotatable bonds is 5. The monoisotopic (exact) mass is 398 g/mol. The summed E-state index contributed by atoms with van der Waals surface area (Å²) in [5.41, 5.74) is 1.90. The van der Waals surface area contributed by atoms with E-state index in [1.54, 1.807) is 26.4 Å². The summed E-state index contributed by atoms with van der Waals surface area (Å²) >= 11 is 0. The van der Waals surface area contributed by atoms with Gasteiger partial charge in [-0.15, -0.1) is 0 Å². The highest BCUT2D eigenvalue weighted by atomic mass is 19.1. The molecule has 2 aromatic rings.